The lowest BCUT2D eigenvalue weighted by atomic mass is 10.2. The van der Waals surface area contributed by atoms with E-state index in [0.29, 0.717) is 10.8 Å². The average Bonchev–Trinajstić information content (AvgIpc) is 2.89. The molecule has 0 aliphatic carbocycles. The largest absolute Gasteiger partial charge is 0.338 e. The lowest BCUT2D eigenvalue weighted by molar-refractivity contribution is 0.630. The van der Waals surface area contributed by atoms with Gasteiger partial charge in [0.1, 0.15) is 16.2 Å². The molecule has 2 aromatic heterocycles. The van der Waals surface area contributed by atoms with Crippen molar-refractivity contribution in [3.8, 4) is 22.6 Å². The van der Waals surface area contributed by atoms with E-state index in [1.54, 1.807) is 24.5 Å². The highest BCUT2D eigenvalue weighted by Crippen LogP contribution is 2.30. The summed E-state index contributed by atoms with van der Waals surface area (Å²) in [4.78, 5) is 11.4. The molecule has 0 aliphatic rings. The Morgan fingerprint density at radius 1 is 1.10 bits per heavy atom. The molecule has 0 atom stereocenters. The Kier molecular flexibility index (Phi) is 3.54. The predicted octanol–water partition coefficient (Wildman–Crippen LogP) is 4.69. The van der Waals surface area contributed by atoms with Crippen molar-refractivity contribution in [3.05, 3.63) is 58.2 Å². The third-order valence-corrected chi connectivity index (χ3v) is 3.60. The molecule has 0 aliphatic heterocycles. The van der Waals surface area contributed by atoms with Crippen LogP contribution in [0.25, 0.3) is 22.6 Å². The van der Waals surface area contributed by atoms with Gasteiger partial charge in [-0.2, -0.15) is 0 Å². The zero-order valence-electron chi connectivity index (χ0n) is 10.1. The Balaban J connectivity index is 2.04. The summed E-state index contributed by atoms with van der Waals surface area (Å²) in [7, 11) is 0. The van der Waals surface area contributed by atoms with Crippen LogP contribution in [0.1, 0.15) is 0 Å². The van der Waals surface area contributed by atoms with Crippen LogP contribution in [0.3, 0.4) is 0 Å². The second kappa shape index (κ2) is 5.34. The van der Waals surface area contributed by atoms with Crippen molar-refractivity contribution in [2.24, 2.45) is 0 Å². The summed E-state index contributed by atoms with van der Waals surface area (Å²) in [5.74, 6) is -0.0154. The Labute approximate surface area is 128 Å². The molecule has 2 heterocycles. The van der Waals surface area contributed by atoms with E-state index in [1.165, 1.54) is 6.07 Å². The van der Waals surface area contributed by atoms with Gasteiger partial charge in [0.2, 0.25) is 0 Å². The highest BCUT2D eigenvalue weighted by Gasteiger charge is 2.13. The van der Waals surface area contributed by atoms with Crippen LogP contribution in [0.15, 0.2) is 47.3 Å². The maximum Gasteiger partial charge on any atom is 0.142 e. The molecule has 0 unspecified atom stereocenters. The molecule has 3 rings (SSSR count). The molecule has 3 aromatic rings. The number of rotatable bonds is 2. The molecule has 1 N–H and O–H groups in total. The van der Waals surface area contributed by atoms with Crippen molar-refractivity contribution >= 4 is 27.5 Å². The summed E-state index contributed by atoms with van der Waals surface area (Å²) in [6.07, 6.45) is 3.33. The van der Waals surface area contributed by atoms with Crippen LogP contribution in [0, 0.1) is 5.82 Å². The first-order valence-electron chi connectivity index (χ1n) is 5.76. The van der Waals surface area contributed by atoms with Crippen molar-refractivity contribution in [1.29, 1.82) is 0 Å². The summed E-state index contributed by atoms with van der Waals surface area (Å²) >= 11 is 9.30. The fourth-order valence-electron chi connectivity index (χ4n) is 1.85. The first-order valence-corrected chi connectivity index (χ1v) is 6.93. The number of pyridine rings is 1. The van der Waals surface area contributed by atoms with Gasteiger partial charge in [-0.15, -0.1) is 0 Å². The van der Waals surface area contributed by atoms with E-state index < -0.39 is 5.82 Å². The molecular formula is C14H8BrClFN3. The first kappa shape index (κ1) is 13.3. The van der Waals surface area contributed by atoms with Crippen LogP contribution in [0.2, 0.25) is 5.02 Å². The summed E-state index contributed by atoms with van der Waals surface area (Å²) in [5, 5.41) is 0.319. The van der Waals surface area contributed by atoms with Crippen molar-refractivity contribution in [3.63, 3.8) is 0 Å². The van der Waals surface area contributed by atoms with E-state index in [0.717, 1.165) is 15.9 Å². The molecule has 100 valence electrons. The third-order valence-electron chi connectivity index (χ3n) is 2.81. The summed E-state index contributed by atoms with van der Waals surface area (Å²) in [5.41, 5.74) is 1.88. The molecule has 0 fully saturated rings. The van der Waals surface area contributed by atoms with E-state index in [9.17, 15) is 4.39 Å². The number of nitrogens with one attached hydrogen (secondary N) is 1. The third kappa shape index (κ3) is 2.46. The Morgan fingerprint density at radius 2 is 1.95 bits per heavy atom. The number of H-pyrrole nitrogens is 1. The van der Waals surface area contributed by atoms with Crippen LogP contribution in [0.4, 0.5) is 4.39 Å². The van der Waals surface area contributed by atoms with Gasteiger partial charge in [0, 0.05) is 11.8 Å². The van der Waals surface area contributed by atoms with Crippen LogP contribution < -0.4 is 0 Å². The fraction of sp³-hybridized carbons (Fsp3) is 0. The standard InChI is InChI=1S/C14H8BrClFN3/c15-12-5-4-8(6-18-12)11-7-19-14(20-11)13-9(16)2-1-3-10(13)17/h1-7H,(H,19,20). The highest BCUT2D eigenvalue weighted by atomic mass is 79.9. The lowest BCUT2D eigenvalue weighted by Gasteiger charge is -2.02. The normalized spacial score (nSPS) is 10.8. The van der Waals surface area contributed by atoms with Gasteiger partial charge in [0.25, 0.3) is 0 Å². The van der Waals surface area contributed by atoms with Crippen LogP contribution in [-0.4, -0.2) is 15.0 Å². The van der Waals surface area contributed by atoms with Gasteiger partial charge in [-0.05, 0) is 40.2 Å². The van der Waals surface area contributed by atoms with Gasteiger partial charge in [-0.1, -0.05) is 17.7 Å². The molecule has 0 saturated heterocycles. The molecule has 1 aromatic carbocycles. The number of aromatic nitrogens is 3. The van der Waals surface area contributed by atoms with E-state index in [-0.39, 0.29) is 5.56 Å². The van der Waals surface area contributed by atoms with Crippen molar-refractivity contribution in [2.45, 2.75) is 0 Å². The zero-order valence-corrected chi connectivity index (χ0v) is 12.4. The van der Waals surface area contributed by atoms with E-state index >= 15 is 0 Å². The smallest absolute Gasteiger partial charge is 0.142 e. The van der Waals surface area contributed by atoms with Gasteiger partial charge < -0.3 is 4.98 Å². The van der Waals surface area contributed by atoms with E-state index in [2.05, 4.69) is 30.9 Å². The number of aromatic amines is 1. The summed E-state index contributed by atoms with van der Waals surface area (Å²) < 4.78 is 14.6. The lowest BCUT2D eigenvalue weighted by Crippen LogP contribution is -1.88. The Bertz CT molecular complexity index is 735. The first-order chi connectivity index (χ1) is 9.65. The number of benzene rings is 1. The van der Waals surface area contributed by atoms with Gasteiger partial charge in [0.05, 0.1) is 22.5 Å². The Hall–Kier alpha value is -1.72. The van der Waals surface area contributed by atoms with Crippen molar-refractivity contribution in [1.82, 2.24) is 15.0 Å². The van der Waals surface area contributed by atoms with E-state index in [4.69, 9.17) is 11.6 Å². The van der Waals surface area contributed by atoms with Crippen molar-refractivity contribution in [2.75, 3.05) is 0 Å². The van der Waals surface area contributed by atoms with Crippen molar-refractivity contribution < 1.29 is 4.39 Å². The quantitative estimate of drug-likeness (QED) is 0.680. The van der Waals surface area contributed by atoms with Crippen LogP contribution >= 0.6 is 27.5 Å². The SMILES string of the molecule is Fc1cccc(Cl)c1-c1ncc(-c2ccc(Br)nc2)[nH]1. The van der Waals surface area contributed by atoms with Gasteiger partial charge in [0.15, 0.2) is 0 Å². The molecule has 0 spiro atoms. The minimum Gasteiger partial charge on any atom is -0.338 e. The molecule has 3 nitrogen and oxygen atoms in total. The number of hydrogen-bond acceptors (Lipinski definition) is 2. The second-order valence-corrected chi connectivity index (χ2v) is 5.33. The fourth-order valence-corrected chi connectivity index (χ4v) is 2.34. The average molecular weight is 353 g/mol. The minimum absolute atomic E-state index is 0.269. The highest BCUT2D eigenvalue weighted by molar-refractivity contribution is 9.10. The maximum absolute atomic E-state index is 13.8. The molecule has 6 heteroatoms. The molecule has 20 heavy (non-hydrogen) atoms. The summed E-state index contributed by atoms with van der Waals surface area (Å²) in [6.45, 7) is 0. The molecule has 0 radical (unpaired) electrons. The number of nitrogens with zero attached hydrogens (tertiary/aromatic N) is 2. The topological polar surface area (TPSA) is 41.6 Å². The Morgan fingerprint density at radius 3 is 2.65 bits per heavy atom. The monoisotopic (exact) mass is 351 g/mol. The maximum atomic E-state index is 13.8. The van der Waals surface area contributed by atoms with Crippen LogP contribution in [-0.2, 0) is 0 Å². The predicted molar refractivity (Wildman–Crippen MR) is 79.9 cm³/mol. The summed E-state index contributed by atoms with van der Waals surface area (Å²) in [6, 6.07) is 8.25. The molecule has 0 saturated carbocycles. The number of halogens is 3. The van der Waals surface area contributed by atoms with Crippen LogP contribution in [0.5, 0.6) is 0 Å². The van der Waals surface area contributed by atoms with E-state index in [1.807, 2.05) is 12.1 Å². The number of hydrogen-bond donors (Lipinski definition) is 1. The molecule has 0 amide bonds. The van der Waals surface area contributed by atoms with Gasteiger partial charge in [-0.25, -0.2) is 14.4 Å². The zero-order chi connectivity index (χ0) is 14.1. The van der Waals surface area contributed by atoms with Gasteiger partial charge >= 0.3 is 0 Å². The molecule has 0 bridgehead atoms. The minimum atomic E-state index is -0.410. The van der Waals surface area contributed by atoms with Gasteiger partial charge in [-0.3, -0.25) is 0 Å². The number of imidazole rings is 1. The second-order valence-electron chi connectivity index (χ2n) is 4.11. The molecular weight excluding hydrogens is 345 g/mol.